The fourth-order valence-electron chi connectivity index (χ4n) is 8.01. The van der Waals surface area contributed by atoms with Gasteiger partial charge in [0.1, 0.15) is 10.0 Å². The Kier molecular flexibility index (Phi) is 7.90. The minimum absolute atomic E-state index is 1.05. The number of hydrogen-bond donors (Lipinski definition) is 0. The van der Waals surface area contributed by atoms with Crippen LogP contribution in [0.15, 0.2) is 194 Å². The summed E-state index contributed by atoms with van der Waals surface area (Å²) in [6, 6.07) is 70.1. The molecule has 0 saturated carbocycles. The molecule has 9 aromatic carbocycles. The molecule has 0 N–H and O–H groups in total. The Hall–Kier alpha value is -6.72. The number of thiazole rings is 2. The van der Waals surface area contributed by atoms with Gasteiger partial charge < -0.3 is 0 Å². The van der Waals surface area contributed by atoms with E-state index >= 15 is 0 Å². The molecular formula is C52H32N2S2. The molecule has 2 heterocycles. The van der Waals surface area contributed by atoms with Crippen LogP contribution in [0.25, 0.3) is 108 Å². The zero-order chi connectivity index (χ0) is 37.0. The molecule has 0 amide bonds. The molecule has 4 heteroatoms. The van der Waals surface area contributed by atoms with Crippen molar-refractivity contribution in [2.24, 2.45) is 0 Å². The first-order chi connectivity index (χ1) is 27.7. The lowest BCUT2D eigenvalue weighted by Gasteiger charge is -2.18. The Morgan fingerprint density at radius 1 is 0.250 bits per heavy atom. The summed E-state index contributed by atoms with van der Waals surface area (Å²) in [5.41, 5.74) is 14.1. The summed E-state index contributed by atoms with van der Waals surface area (Å²) in [6.45, 7) is 0. The molecule has 0 bridgehead atoms. The fraction of sp³-hybridized carbons (Fsp3) is 0. The Morgan fingerprint density at radius 2 is 0.518 bits per heavy atom. The van der Waals surface area contributed by atoms with Crippen LogP contribution < -0.4 is 0 Å². The van der Waals surface area contributed by atoms with Crippen LogP contribution in [-0.2, 0) is 0 Å². The van der Waals surface area contributed by atoms with Crippen molar-refractivity contribution < 1.29 is 0 Å². The van der Waals surface area contributed by atoms with Gasteiger partial charge in [0.05, 0.1) is 20.4 Å². The molecule has 0 aliphatic rings. The van der Waals surface area contributed by atoms with Crippen molar-refractivity contribution in [1.82, 2.24) is 9.97 Å². The number of aromatic nitrogens is 2. The van der Waals surface area contributed by atoms with E-state index in [9.17, 15) is 0 Å². The highest BCUT2D eigenvalue weighted by molar-refractivity contribution is 7.22. The first kappa shape index (κ1) is 32.7. The van der Waals surface area contributed by atoms with Crippen LogP contribution in [0.4, 0.5) is 0 Å². The third-order valence-electron chi connectivity index (χ3n) is 10.8. The van der Waals surface area contributed by atoms with Gasteiger partial charge in [-0.2, -0.15) is 0 Å². The molecule has 0 aliphatic carbocycles. The normalized spacial score (nSPS) is 11.6. The van der Waals surface area contributed by atoms with Crippen molar-refractivity contribution in [3.8, 4) is 65.6 Å². The minimum atomic E-state index is 1.05. The number of benzene rings is 9. The van der Waals surface area contributed by atoms with Gasteiger partial charge in [0.25, 0.3) is 0 Å². The monoisotopic (exact) mass is 748 g/mol. The molecular weight excluding hydrogens is 717 g/mol. The molecule has 0 radical (unpaired) electrons. The lowest BCUT2D eigenvalue weighted by atomic mass is 9.85. The second kappa shape index (κ2) is 13.5. The Bertz CT molecular complexity index is 2870. The maximum atomic E-state index is 4.86. The van der Waals surface area contributed by atoms with Crippen LogP contribution in [0.2, 0.25) is 0 Å². The second-order valence-corrected chi connectivity index (χ2v) is 16.2. The Labute approximate surface area is 332 Å². The molecule has 0 atom stereocenters. The Morgan fingerprint density at radius 3 is 0.839 bits per heavy atom. The zero-order valence-electron chi connectivity index (χ0n) is 30.2. The quantitative estimate of drug-likeness (QED) is 0.158. The van der Waals surface area contributed by atoms with Gasteiger partial charge in [0.15, 0.2) is 0 Å². The third kappa shape index (κ3) is 5.70. The molecule has 0 aliphatic heterocycles. The molecule has 2 nitrogen and oxygen atoms in total. The number of fused-ring (bicyclic) bond motifs is 4. The first-order valence-electron chi connectivity index (χ1n) is 18.8. The van der Waals surface area contributed by atoms with Gasteiger partial charge in [0.2, 0.25) is 0 Å². The topological polar surface area (TPSA) is 25.8 Å². The van der Waals surface area contributed by atoms with Gasteiger partial charge in [-0.25, -0.2) is 9.97 Å². The summed E-state index contributed by atoms with van der Waals surface area (Å²) in [5, 5.41) is 7.12. The van der Waals surface area contributed by atoms with Crippen LogP contribution >= 0.6 is 22.7 Å². The van der Waals surface area contributed by atoms with Crippen LogP contribution in [0.3, 0.4) is 0 Å². The fourth-order valence-corrected chi connectivity index (χ4v) is 9.95. The van der Waals surface area contributed by atoms with Crippen molar-refractivity contribution in [1.29, 1.82) is 0 Å². The van der Waals surface area contributed by atoms with E-state index < -0.39 is 0 Å². The summed E-state index contributed by atoms with van der Waals surface area (Å²) in [4.78, 5) is 9.71. The second-order valence-electron chi connectivity index (χ2n) is 14.1. The Balaban J connectivity index is 0.920. The summed E-state index contributed by atoms with van der Waals surface area (Å²) < 4.78 is 2.43. The molecule has 0 spiro atoms. The lowest BCUT2D eigenvalue weighted by molar-refractivity contribution is 1.47. The van der Waals surface area contributed by atoms with E-state index in [2.05, 4.69) is 182 Å². The average Bonchev–Trinajstić information content (AvgIpc) is 3.91. The van der Waals surface area contributed by atoms with E-state index in [1.807, 2.05) is 12.1 Å². The van der Waals surface area contributed by atoms with E-state index in [1.165, 1.54) is 75.5 Å². The van der Waals surface area contributed by atoms with Gasteiger partial charge in [-0.3, -0.25) is 0 Å². The SMILES string of the molecule is c1ccc2sc(-c3ccc(-c4ccc(-c5c6ccccc6c(-c6ccc(-c7ccc(-c8nc9ccccc9s8)cc7)cc6)c6ccccc56)cc4)cc3)nc2c1. The van der Waals surface area contributed by atoms with Crippen molar-refractivity contribution in [2.75, 3.05) is 0 Å². The van der Waals surface area contributed by atoms with Crippen molar-refractivity contribution in [3.05, 3.63) is 194 Å². The molecule has 56 heavy (non-hydrogen) atoms. The van der Waals surface area contributed by atoms with Crippen molar-refractivity contribution in [2.45, 2.75) is 0 Å². The van der Waals surface area contributed by atoms with Crippen LogP contribution in [0.1, 0.15) is 0 Å². The van der Waals surface area contributed by atoms with Gasteiger partial charge >= 0.3 is 0 Å². The van der Waals surface area contributed by atoms with Crippen LogP contribution in [0.5, 0.6) is 0 Å². The summed E-state index contributed by atoms with van der Waals surface area (Å²) in [5.74, 6) is 0. The minimum Gasteiger partial charge on any atom is -0.236 e. The zero-order valence-corrected chi connectivity index (χ0v) is 31.8. The molecule has 2 aromatic heterocycles. The summed E-state index contributed by atoms with van der Waals surface area (Å²) in [6.07, 6.45) is 0. The number of nitrogens with zero attached hydrogens (tertiary/aromatic N) is 2. The molecule has 0 fully saturated rings. The molecule has 262 valence electrons. The standard InChI is InChI=1S/C52H32N2S2/c1-2-10-42-41(9-1)49(37-25-17-33(18-26-37)35-21-29-39(30-22-35)51-53-45-13-5-7-15-47(45)55-51)43-11-3-4-12-44(43)50(42)38-27-19-34(20-28-38)36-23-31-40(32-24-36)52-54-46-14-6-8-16-48(46)56-52/h1-32H. The van der Waals surface area contributed by atoms with E-state index in [0.29, 0.717) is 0 Å². The summed E-state index contributed by atoms with van der Waals surface area (Å²) >= 11 is 3.48. The summed E-state index contributed by atoms with van der Waals surface area (Å²) in [7, 11) is 0. The van der Waals surface area contributed by atoms with E-state index in [1.54, 1.807) is 22.7 Å². The molecule has 0 unspecified atom stereocenters. The third-order valence-corrected chi connectivity index (χ3v) is 13.0. The maximum absolute atomic E-state index is 4.86. The van der Waals surface area contributed by atoms with Crippen molar-refractivity contribution in [3.63, 3.8) is 0 Å². The lowest BCUT2D eigenvalue weighted by Crippen LogP contribution is -1.91. The van der Waals surface area contributed by atoms with Crippen LogP contribution in [0, 0.1) is 0 Å². The number of para-hydroxylation sites is 2. The van der Waals surface area contributed by atoms with Crippen molar-refractivity contribution >= 4 is 64.7 Å². The highest BCUT2D eigenvalue weighted by atomic mass is 32.1. The first-order valence-corrected chi connectivity index (χ1v) is 20.4. The number of rotatable bonds is 6. The molecule has 0 saturated heterocycles. The van der Waals surface area contributed by atoms with E-state index in [4.69, 9.17) is 9.97 Å². The largest absolute Gasteiger partial charge is 0.236 e. The highest BCUT2D eigenvalue weighted by Gasteiger charge is 2.17. The van der Waals surface area contributed by atoms with Gasteiger partial charge in [-0.15, -0.1) is 22.7 Å². The van der Waals surface area contributed by atoms with Gasteiger partial charge in [-0.05, 0) is 90.3 Å². The average molecular weight is 749 g/mol. The molecule has 11 rings (SSSR count). The maximum Gasteiger partial charge on any atom is 0.124 e. The molecule has 11 aromatic rings. The number of hydrogen-bond acceptors (Lipinski definition) is 4. The van der Waals surface area contributed by atoms with Gasteiger partial charge in [-0.1, -0.05) is 170 Å². The van der Waals surface area contributed by atoms with E-state index in [0.717, 1.165) is 32.2 Å². The highest BCUT2D eigenvalue weighted by Crippen LogP contribution is 2.44. The van der Waals surface area contributed by atoms with E-state index in [-0.39, 0.29) is 0 Å². The van der Waals surface area contributed by atoms with Crippen LogP contribution in [-0.4, -0.2) is 9.97 Å². The predicted molar refractivity (Wildman–Crippen MR) is 240 cm³/mol. The van der Waals surface area contributed by atoms with Gasteiger partial charge in [0, 0.05) is 11.1 Å². The predicted octanol–water partition coefficient (Wildman–Crippen LogP) is 15.2. The smallest absolute Gasteiger partial charge is 0.124 e.